The monoisotopic (exact) mass is 338 g/mol. The van der Waals surface area contributed by atoms with Gasteiger partial charge < -0.3 is 14.2 Å². The maximum Gasteiger partial charge on any atom is 0.118 e. The number of benzene rings is 2. The quantitative estimate of drug-likeness (QED) is 0.454. The fraction of sp³-hybridized carbons (Fsp3) is 0.273. The van der Waals surface area contributed by atoms with Crippen LogP contribution in [0.25, 0.3) is 0 Å². The van der Waals surface area contributed by atoms with Gasteiger partial charge in [-0.1, -0.05) is 55.1 Å². The Morgan fingerprint density at radius 2 is 1.56 bits per heavy atom. The Balaban J connectivity index is 1.66. The van der Waals surface area contributed by atoms with Crippen molar-refractivity contribution in [2.24, 2.45) is 0 Å². The fourth-order valence-corrected chi connectivity index (χ4v) is 2.21. The largest absolute Gasteiger partial charge is 0.497 e. The van der Waals surface area contributed by atoms with E-state index in [2.05, 4.69) is 18.7 Å². The van der Waals surface area contributed by atoms with Crippen LogP contribution in [0.15, 0.2) is 78.4 Å². The van der Waals surface area contributed by atoms with Crippen LogP contribution in [0.1, 0.15) is 18.1 Å². The van der Waals surface area contributed by atoms with Gasteiger partial charge in [-0.05, 0) is 41.3 Å². The SMILES string of the molecule is C=C(COCc1ccccc1)/C(C)=C/COCc1ccc(OC)cc1. The van der Waals surface area contributed by atoms with E-state index in [1.54, 1.807) is 7.11 Å². The molecular weight excluding hydrogens is 312 g/mol. The maximum absolute atomic E-state index is 5.71. The number of ether oxygens (including phenoxy) is 3. The standard InChI is InChI=1S/C22H26O3/c1-18(19(2)15-25-17-20-7-5-4-6-8-20)13-14-24-16-21-9-11-22(23-3)12-10-21/h4-13H,2,14-17H2,1,3H3/b18-13+. The summed E-state index contributed by atoms with van der Waals surface area (Å²) in [6, 6.07) is 18.0. The highest BCUT2D eigenvalue weighted by Gasteiger charge is 1.99. The third kappa shape index (κ3) is 6.96. The highest BCUT2D eigenvalue weighted by atomic mass is 16.5. The third-order valence-corrected chi connectivity index (χ3v) is 3.88. The molecule has 0 unspecified atom stereocenters. The van der Waals surface area contributed by atoms with Crippen molar-refractivity contribution in [1.29, 1.82) is 0 Å². The zero-order chi connectivity index (χ0) is 17.9. The molecule has 2 rings (SSSR count). The first-order valence-corrected chi connectivity index (χ1v) is 8.36. The zero-order valence-corrected chi connectivity index (χ0v) is 15.0. The van der Waals surface area contributed by atoms with E-state index in [1.165, 1.54) is 5.56 Å². The van der Waals surface area contributed by atoms with E-state index in [-0.39, 0.29) is 0 Å². The van der Waals surface area contributed by atoms with Crippen LogP contribution in [-0.4, -0.2) is 20.3 Å². The van der Waals surface area contributed by atoms with Gasteiger partial charge in [0.05, 0.1) is 33.5 Å². The molecule has 2 aromatic rings. The van der Waals surface area contributed by atoms with Crippen molar-refractivity contribution in [1.82, 2.24) is 0 Å². The average molecular weight is 338 g/mol. The molecule has 25 heavy (non-hydrogen) atoms. The summed E-state index contributed by atoms with van der Waals surface area (Å²) in [5, 5.41) is 0. The van der Waals surface area contributed by atoms with Crippen LogP contribution in [0.2, 0.25) is 0 Å². The van der Waals surface area contributed by atoms with E-state index < -0.39 is 0 Å². The molecular formula is C22H26O3. The molecule has 0 atom stereocenters. The molecule has 0 fully saturated rings. The smallest absolute Gasteiger partial charge is 0.118 e. The van der Waals surface area contributed by atoms with Gasteiger partial charge in [0.25, 0.3) is 0 Å². The summed E-state index contributed by atoms with van der Waals surface area (Å²) < 4.78 is 16.5. The lowest BCUT2D eigenvalue weighted by molar-refractivity contribution is 0.142. The van der Waals surface area contributed by atoms with Gasteiger partial charge in [0.1, 0.15) is 5.75 Å². The molecule has 3 nitrogen and oxygen atoms in total. The van der Waals surface area contributed by atoms with Crippen molar-refractivity contribution in [3.05, 3.63) is 89.5 Å². The van der Waals surface area contributed by atoms with Gasteiger partial charge in [0.2, 0.25) is 0 Å². The van der Waals surface area contributed by atoms with Crippen LogP contribution in [0, 0.1) is 0 Å². The first-order valence-electron chi connectivity index (χ1n) is 8.36. The van der Waals surface area contributed by atoms with E-state index in [0.717, 1.165) is 22.5 Å². The van der Waals surface area contributed by atoms with Gasteiger partial charge in [-0.25, -0.2) is 0 Å². The number of hydrogen-bond donors (Lipinski definition) is 0. The minimum absolute atomic E-state index is 0.524. The molecule has 0 aliphatic carbocycles. The van der Waals surface area contributed by atoms with Gasteiger partial charge in [-0.2, -0.15) is 0 Å². The lowest BCUT2D eigenvalue weighted by Gasteiger charge is -2.09. The molecule has 132 valence electrons. The van der Waals surface area contributed by atoms with Crippen LogP contribution in [0.4, 0.5) is 0 Å². The van der Waals surface area contributed by atoms with Crippen LogP contribution >= 0.6 is 0 Å². The summed E-state index contributed by atoms with van der Waals surface area (Å²) in [5.41, 5.74) is 4.36. The molecule has 0 amide bonds. The second-order valence-corrected chi connectivity index (χ2v) is 5.83. The second-order valence-electron chi connectivity index (χ2n) is 5.83. The van der Waals surface area contributed by atoms with E-state index in [9.17, 15) is 0 Å². The third-order valence-electron chi connectivity index (χ3n) is 3.88. The molecule has 0 bridgehead atoms. The topological polar surface area (TPSA) is 27.7 Å². The Hall–Kier alpha value is -2.36. The van der Waals surface area contributed by atoms with E-state index in [1.807, 2.05) is 55.5 Å². The van der Waals surface area contributed by atoms with E-state index >= 15 is 0 Å². The Bertz CT molecular complexity index is 672. The molecule has 0 aliphatic heterocycles. The Morgan fingerprint density at radius 3 is 2.24 bits per heavy atom. The summed E-state index contributed by atoms with van der Waals surface area (Å²) in [4.78, 5) is 0. The number of hydrogen-bond acceptors (Lipinski definition) is 3. The summed E-state index contributed by atoms with van der Waals surface area (Å²) in [6.07, 6.45) is 2.04. The lowest BCUT2D eigenvalue weighted by atomic mass is 10.1. The van der Waals surface area contributed by atoms with E-state index in [4.69, 9.17) is 14.2 Å². The molecule has 2 aromatic carbocycles. The summed E-state index contributed by atoms with van der Waals surface area (Å²) in [7, 11) is 1.66. The first-order chi connectivity index (χ1) is 12.2. The summed E-state index contributed by atoms with van der Waals surface area (Å²) in [6.45, 7) is 8.36. The minimum atomic E-state index is 0.524. The van der Waals surface area contributed by atoms with Gasteiger partial charge in [0, 0.05) is 0 Å². The van der Waals surface area contributed by atoms with Gasteiger partial charge in [-0.15, -0.1) is 0 Å². The molecule has 0 aromatic heterocycles. The molecule has 0 spiro atoms. The normalized spacial score (nSPS) is 11.4. The Kier molecular flexibility index (Phi) is 7.96. The molecule has 0 N–H and O–H groups in total. The summed E-state index contributed by atoms with van der Waals surface area (Å²) in [5.74, 6) is 0.853. The molecule has 0 saturated carbocycles. The highest BCUT2D eigenvalue weighted by molar-refractivity contribution is 5.27. The predicted molar refractivity (Wildman–Crippen MR) is 102 cm³/mol. The second kappa shape index (κ2) is 10.5. The van der Waals surface area contributed by atoms with Gasteiger partial charge >= 0.3 is 0 Å². The zero-order valence-electron chi connectivity index (χ0n) is 15.0. The van der Waals surface area contributed by atoms with Crippen LogP contribution in [-0.2, 0) is 22.7 Å². The van der Waals surface area contributed by atoms with Gasteiger partial charge in [-0.3, -0.25) is 0 Å². The highest BCUT2D eigenvalue weighted by Crippen LogP contribution is 2.13. The van der Waals surface area contributed by atoms with Crippen molar-refractivity contribution in [3.8, 4) is 5.75 Å². The van der Waals surface area contributed by atoms with Crippen molar-refractivity contribution >= 4 is 0 Å². The molecule has 0 radical (unpaired) electrons. The van der Waals surface area contributed by atoms with Crippen molar-refractivity contribution in [2.45, 2.75) is 20.1 Å². The molecule has 0 saturated heterocycles. The predicted octanol–water partition coefficient (Wildman–Crippen LogP) is 4.93. The van der Waals surface area contributed by atoms with E-state index in [0.29, 0.717) is 26.4 Å². The summed E-state index contributed by atoms with van der Waals surface area (Å²) >= 11 is 0. The van der Waals surface area contributed by atoms with Crippen LogP contribution < -0.4 is 4.74 Å². The van der Waals surface area contributed by atoms with Gasteiger partial charge in [0.15, 0.2) is 0 Å². The number of rotatable bonds is 10. The Labute approximate surface area is 150 Å². The molecule has 3 heteroatoms. The average Bonchev–Trinajstić information content (AvgIpc) is 2.66. The van der Waals surface area contributed by atoms with Crippen molar-refractivity contribution in [3.63, 3.8) is 0 Å². The Morgan fingerprint density at radius 1 is 0.920 bits per heavy atom. The molecule has 0 aliphatic rings. The first kappa shape index (κ1) is 19.0. The fourth-order valence-electron chi connectivity index (χ4n) is 2.21. The maximum atomic E-state index is 5.71. The minimum Gasteiger partial charge on any atom is -0.497 e. The number of methoxy groups -OCH3 is 1. The van der Waals surface area contributed by atoms with Crippen LogP contribution in [0.3, 0.4) is 0 Å². The van der Waals surface area contributed by atoms with Crippen molar-refractivity contribution in [2.75, 3.05) is 20.3 Å². The van der Waals surface area contributed by atoms with Crippen LogP contribution in [0.5, 0.6) is 5.75 Å². The van der Waals surface area contributed by atoms with Crippen molar-refractivity contribution < 1.29 is 14.2 Å². The molecule has 0 heterocycles. The lowest BCUT2D eigenvalue weighted by Crippen LogP contribution is -2.00.